The van der Waals surface area contributed by atoms with Crippen LogP contribution < -0.4 is 0 Å². The van der Waals surface area contributed by atoms with Crippen LogP contribution in [0.15, 0.2) is 0 Å². The first-order valence-electron chi connectivity index (χ1n) is 4.62. The van der Waals surface area contributed by atoms with E-state index in [0.29, 0.717) is 0 Å². The molecule has 1 N–H and O–H groups in total. The molecular weight excluding hydrogens is 154 g/mol. The summed E-state index contributed by atoms with van der Waals surface area (Å²) in [7, 11) is 0. The van der Waals surface area contributed by atoms with Crippen molar-refractivity contribution in [2.45, 2.75) is 31.7 Å². The first-order chi connectivity index (χ1) is 5.69. The first-order valence-corrected chi connectivity index (χ1v) is 4.62. The van der Waals surface area contributed by atoms with Crippen LogP contribution in [0, 0.1) is 5.92 Å². The topological polar surface area (TPSA) is 40.5 Å². The molecule has 68 valence electrons. The van der Waals surface area contributed by atoms with Gasteiger partial charge in [-0.3, -0.25) is 4.79 Å². The quantitative estimate of drug-likeness (QED) is 0.616. The van der Waals surface area contributed by atoms with Crippen LogP contribution in [-0.4, -0.2) is 34.6 Å². The fraction of sp³-hybridized carbons (Fsp3) is 0.889. The van der Waals surface area contributed by atoms with Gasteiger partial charge in [0, 0.05) is 12.5 Å². The van der Waals surface area contributed by atoms with Gasteiger partial charge in [-0.25, -0.2) is 0 Å². The van der Waals surface area contributed by atoms with Gasteiger partial charge in [0.05, 0.1) is 12.1 Å². The summed E-state index contributed by atoms with van der Waals surface area (Å²) in [5, 5.41) is 9.27. The molecule has 0 bridgehead atoms. The smallest absolute Gasteiger partial charge is 0.226 e. The molecule has 0 aliphatic carbocycles. The van der Waals surface area contributed by atoms with Crippen LogP contribution in [0.2, 0.25) is 0 Å². The zero-order chi connectivity index (χ0) is 8.77. The van der Waals surface area contributed by atoms with E-state index in [1.54, 1.807) is 0 Å². The molecule has 0 aromatic heterocycles. The Labute approximate surface area is 72.4 Å². The molecule has 1 amide bonds. The van der Waals surface area contributed by atoms with Gasteiger partial charge in [-0.15, -0.1) is 0 Å². The second-order valence-electron chi connectivity index (χ2n) is 4.08. The van der Waals surface area contributed by atoms with Crippen molar-refractivity contribution in [3.63, 3.8) is 0 Å². The highest BCUT2D eigenvalue weighted by molar-refractivity contribution is 5.82. The van der Waals surface area contributed by atoms with E-state index in [1.165, 1.54) is 0 Å². The summed E-state index contributed by atoms with van der Waals surface area (Å²) in [5.74, 6) is 0.360. The number of aliphatic hydroxyl groups excluding tert-OH is 1. The van der Waals surface area contributed by atoms with Gasteiger partial charge in [0.15, 0.2) is 0 Å². The summed E-state index contributed by atoms with van der Waals surface area (Å²) in [6, 6.07) is 0. The Morgan fingerprint density at radius 3 is 3.08 bits per heavy atom. The van der Waals surface area contributed by atoms with Crippen LogP contribution in [0.25, 0.3) is 0 Å². The maximum atomic E-state index is 11.6. The Kier molecular flexibility index (Phi) is 1.65. The number of rotatable bonds is 1. The number of carbonyl (C=O) groups excluding carboxylic acids is 1. The average molecular weight is 169 g/mol. The van der Waals surface area contributed by atoms with Crippen molar-refractivity contribution in [1.29, 1.82) is 0 Å². The lowest BCUT2D eigenvalue weighted by Gasteiger charge is -2.29. The lowest BCUT2D eigenvalue weighted by molar-refractivity contribution is -0.132. The van der Waals surface area contributed by atoms with Crippen molar-refractivity contribution in [2.24, 2.45) is 5.92 Å². The molecule has 2 rings (SSSR count). The summed E-state index contributed by atoms with van der Waals surface area (Å²) in [6.07, 6.45) is 2.89. The highest BCUT2D eigenvalue weighted by Gasteiger charge is 2.51. The molecule has 2 aliphatic heterocycles. The van der Waals surface area contributed by atoms with Gasteiger partial charge in [0.1, 0.15) is 0 Å². The molecule has 2 saturated heterocycles. The number of aliphatic hydroxyl groups is 1. The van der Waals surface area contributed by atoms with Gasteiger partial charge in [0.2, 0.25) is 5.91 Å². The molecule has 0 radical (unpaired) electrons. The van der Waals surface area contributed by atoms with E-state index in [1.807, 2.05) is 11.8 Å². The minimum absolute atomic E-state index is 0.123. The zero-order valence-corrected chi connectivity index (χ0v) is 7.42. The van der Waals surface area contributed by atoms with E-state index in [-0.39, 0.29) is 24.0 Å². The molecule has 3 nitrogen and oxygen atoms in total. The van der Waals surface area contributed by atoms with Gasteiger partial charge >= 0.3 is 0 Å². The average Bonchev–Trinajstić information content (AvgIpc) is 2.55. The summed E-state index contributed by atoms with van der Waals surface area (Å²) >= 11 is 0. The Bertz CT molecular complexity index is 217. The van der Waals surface area contributed by atoms with E-state index >= 15 is 0 Å². The Morgan fingerprint density at radius 1 is 1.75 bits per heavy atom. The molecule has 2 unspecified atom stereocenters. The van der Waals surface area contributed by atoms with Crippen LogP contribution >= 0.6 is 0 Å². The van der Waals surface area contributed by atoms with Crippen molar-refractivity contribution >= 4 is 5.91 Å². The number of hydrogen-bond acceptors (Lipinski definition) is 2. The molecule has 0 aromatic rings. The Morgan fingerprint density at radius 2 is 2.50 bits per heavy atom. The third-order valence-electron chi connectivity index (χ3n) is 3.26. The summed E-state index contributed by atoms with van der Waals surface area (Å²) in [5.41, 5.74) is -0.170. The van der Waals surface area contributed by atoms with Crippen molar-refractivity contribution in [3.05, 3.63) is 0 Å². The number of fused-ring (bicyclic) bond motifs is 1. The fourth-order valence-corrected chi connectivity index (χ4v) is 2.65. The van der Waals surface area contributed by atoms with Gasteiger partial charge in [-0.05, 0) is 19.3 Å². The molecule has 0 spiro atoms. The predicted octanol–water partition coefficient (Wildman–Crippen LogP) is 0.380. The van der Waals surface area contributed by atoms with E-state index in [4.69, 9.17) is 0 Å². The second kappa shape index (κ2) is 2.46. The van der Waals surface area contributed by atoms with Crippen molar-refractivity contribution in [3.8, 4) is 0 Å². The van der Waals surface area contributed by atoms with Crippen LogP contribution in [0.4, 0.5) is 0 Å². The maximum Gasteiger partial charge on any atom is 0.226 e. The number of nitrogens with zero attached hydrogens (tertiary/aromatic N) is 1. The first kappa shape index (κ1) is 8.05. The third-order valence-corrected chi connectivity index (χ3v) is 3.26. The SMILES string of the molecule is CC1CC2(CO)CCCN2C1=O. The van der Waals surface area contributed by atoms with Gasteiger partial charge in [-0.1, -0.05) is 6.92 Å². The number of hydrogen-bond donors (Lipinski definition) is 1. The van der Waals surface area contributed by atoms with Crippen LogP contribution in [0.5, 0.6) is 0 Å². The molecule has 0 aromatic carbocycles. The molecule has 2 aliphatic rings. The highest BCUT2D eigenvalue weighted by Crippen LogP contribution is 2.41. The van der Waals surface area contributed by atoms with Crippen LogP contribution in [0.3, 0.4) is 0 Å². The number of amides is 1. The van der Waals surface area contributed by atoms with Crippen molar-refractivity contribution in [1.82, 2.24) is 4.90 Å². The van der Waals surface area contributed by atoms with Crippen LogP contribution in [0.1, 0.15) is 26.2 Å². The van der Waals surface area contributed by atoms with Crippen LogP contribution in [-0.2, 0) is 4.79 Å². The summed E-state index contributed by atoms with van der Waals surface area (Å²) in [4.78, 5) is 13.5. The van der Waals surface area contributed by atoms with E-state index in [0.717, 1.165) is 25.8 Å². The molecule has 0 saturated carbocycles. The zero-order valence-electron chi connectivity index (χ0n) is 7.42. The standard InChI is InChI=1S/C9H15NO2/c1-7-5-9(6-11)3-2-4-10(9)8(7)12/h7,11H,2-6H2,1H3. The summed E-state index contributed by atoms with van der Waals surface area (Å²) in [6.45, 7) is 2.95. The Balaban J connectivity index is 2.27. The van der Waals surface area contributed by atoms with E-state index < -0.39 is 0 Å². The predicted molar refractivity (Wildman–Crippen MR) is 44.5 cm³/mol. The van der Waals surface area contributed by atoms with E-state index in [9.17, 15) is 9.90 Å². The lowest BCUT2D eigenvalue weighted by Crippen LogP contribution is -2.43. The molecule has 2 fully saturated rings. The van der Waals surface area contributed by atoms with Crippen molar-refractivity contribution < 1.29 is 9.90 Å². The third kappa shape index (κ3) is 0.829. The summed E-state index contributed by atoms with van der Waals surface area (Å²) < 4.78 is 0. The molecule has 3 heteroatoms. The minimum Gasteiger partial charge on any atom is -0.394 e. The monoisotopic (exact) mass is 169 g/mol. The van der Waals surface area contributed by atoms with Crippen molar-refractivity contribution in [2.75, 3.05) is 13.2 Å². The Hall–Kier alpha value is -0.570. The second-order valence-corrected chi connectivity index (χ2v) is 4.08. The van der Waals surface area contributed by atoms with Gasteiger partial charge < -0.3 is 10.0 Å². The normalized spacial score (nSPS) is 40.7. The van der Waals surface area contributed by atoms with E-state index in [2.05, 4.69) is 0 Å². The molecule has 12 heavy (non-hydrogen) atoms. The molecular formula is C9H15NO2. The highest BCUT2D eigenvalue weighted by atomic mass is 16.3. The molecule has 2 heterocycles. The maximum absolute atomic E-state index is 11.6. The number of carbonyl (C=O) groups is 1. The van der Waals surface area contributed by atoms with Gasteiger partial charge in [0.25, 0.3) is 0 Å². The molecule has 2 atom stereocenters. The minimum atomic E-state index is -0.170. The fourth-order valence-electron chi connectivity index (χ4n) is 2.65. The largest absolute Gasteiger partial charge is 0.394 e. The van der Waals surface area contributed by atoms with Gasteiger partial charge in [-0.2, -0.15) is 0 Å². The lowest BCUT2D eigenvalue weighted by atomic mass is 9.92.